The van der Waals surface area contributed by atoms with Gasteiger partial charge in [-0.05, 0) is 31.4 Å². The minimum atomic E-state index is -4.96. The molecule has 0 aromatic heterocycles. The van der Waals surface area contributed by atoms with Crippen molar-refractivity contribution in [1.29, 1.82) is 0 Å². The maximum atomic E-state index is 14.2. The second-order valence-corrected chi connectivity index (χ2v) is 11.2. The lowest BCUT2D eigenvalue weighted by Crippen LogP contribution is -2.63. The predicted octanol–water partition coefficient (Wildman–Crippen LogP) is 3.88. The first-order valence-electron chi connectivity index (χ1n) is 11.5. The summed E-state index contributed by atoms with van der Waals surface area (Å²) in [5, 5.41) is 2.35. The molecule has 1 amide bonds. The number of nitrogens with one attached hydrogen (secondary N) is 1. The molecule has 1 heterocycles. The molecule has 13 heteroatoms. The molecule has 1 N–H and O–H groups in total. The van der Waals surface area contributed by atoms with Gasteiger partial charge in [-0.3, -0.25) is 9.69 Å². The van der Waals surface area contributed by atoms with E-state index in [1.807, 2.05) is 4.90 Å². The largest absolute Gasteiger partial charge is 0.417 e. The van der Waals surface area contributed by atoms with E-state index in [1.54, 1.807) is 6.92 Å². The van der Waals surface area contributed by atoms with Crippen molar-refractivity contribution in [2.45, 2.75) is 56.7 Å². The first kappa shape index (κ1) is 27.7. The molecule has 0 unspecified atom stereocenters. The molecule has 1 aliphatic carbocycles. The van der Waals surface area contributed by atoms with Gasteiger partial charge in [0, 0.05) is 51.1 Å². The molecule has 1 saturated heterocycles. The molecule has 2 fully saturated rings. The fourth-order valence-corrected chi connectivity index (χ4v) is 6.33. The van der Waals surface area contributed by atoms with Crippen molar-refractivity contribution in [1.82, 2.24) is 14.5 Å². The SMILES string of the molecule is CCCS(=O)(=O)N1CCN(C2(CNC(=O)c3c(F)cccc3C(F)(F)F)CCC(F)(F)CC2)CC1. The van der Waals surface area contributed by atoms with E-state index in [9.17, 15) is 39.6 Å². The van der Waals surface area contributed by atoms with Crippen LogP contribution in [0.3, 0.4) is 0 Å². The van der Waals surface area contributed by atoms with Gasteiger partial charge in [-0.25, -0.2) is 21.6 Å². The number of rotatable bonds is 7. The minimum absolute atomic E-state index is 0.00932. The predicted molar refractivity (Wildman–Crippen MR) is 117 cm³/mol. The Morgan fingerprint density at radius 2 is 1.66 bits per heavy atom. The van der Waals surface area contributed by atoms with Gasteiger partial charge in [0.2, 0.25) is 15.9 Å². The van der Waals surface area contributed by atoms with E-state index in [0.717, 1.165) is 12.1 Å². The standard InChI is InChI=1S/C22H29F6N3O3S/c1-2-14-35(33,34)31-12-10-30(11-13-31)20(6-8-21(24,25)9-7-20)15-29-19(32)18-16(22(26,27)28)4-3-5-17(18)23/h3-5H,2,6-15H2,1H3,(H,29,32). The molecule has 1 aromatic rings. The molecular weight excluding hydrogens is 500 g/mol. The van der Waals surface area contributed by atoms with Crippen LogP contribution in [-0.2, 0) is 16.2 Å². The van der Waals surface area contributed by atoms with Crippen molar-refractivity contribution in [3.05, 3.63) is 35.1 Å². The summed E-state index contributed by atoms with van der Waals surface area (Å²) in [5.74, 6) is -5.54. The number of carbonyl (C=O) groups is 1. The molecule has 1 aliphatic heterocycles. The van der Waals surface area contributed by atoms with E-state index >= 15 is 0 Å². The molecule has 198 valence electrons. The fraction of sp³-hybridized carbons (Fsp3) is 0.682. The van der Waals surface area contributed by atoms with Crippen LogP contribution in [0.15, 0.2) is 18.2 Å². The highest BCUT2D eigenvalue weighted by molar-refractivity contribution is 7.89. The van der Waals surface area contributed by atoms with Gasteiger partial charge >= 0.3 is 6.18 Å². The topological polar surface area (TPSA) is 69.7 Å². The summed E-state index contributed by atoms with van der Waals surface area (Å²) in [4.78, 5) is 14.5. The number of halogens is 6. The number of hydrogen-bond acceptors (Lipinski definition) is 4. The quantitative estimate of drug-likeness (QED) is 0.545. The van der Waals surface area contributed by atoms with Crippen LogP contribution in [0.25, 0.3) is 0 Å². The molecule has 6 nitrogen and oxygen atoms in total. The second kappa shape index (κ2) is 10.3. The van der Waals surface area contributed by atoms with E-state index in [1.165, 1.54) is 4.31 Å². The molecular formula is C22H29F6N3O3S. The summed E-state index contributed by atoms with van der Waals surface area (Å²) in [7, 11) is -3.44. The van der Waals surface area contributed by atoms with E-state index < -0.39 is 63.4 Å². The summed E-state index contributed by atoms with van der Waals surface area (Å²) in [5.41, 5.74) is -3.58. The van der Waals surface area contributed by atoms with Gasteiger partial charge in [0.25, 0.3) is 5.91 Å². The third-order valence-electron chi connectivity index (χ3n) is 6.80. The van der Waals surface area contributed by atoms with Crippen molar-refractivity contribution in [3.8, 4) is 0 Å². The van der Waals surface area contributed by atoms with Crippen molar-refractivity contribution >= 4 is 15.9 Å². The van der Waals surface area contributed by atoms with E-state index in [0.29, 0.717) is 12.5 Å². The molecule has 35 heavy (non-hydrogen) atoms. The zero-order chi connectivity index (χ0) is 26.1. The smallest absolute Gasteiger partial charge is 0.350 e. The Bertz CT molecular complexity index is 1010. The normalized spacial score (nSPS) is 21.6. The van der Waals surface area contributed by atoms with E-state index in [2.05, 4.69) is 5.32 Å². The number of piperazine rings is 1. The third-order valence-corrected chi connectivity index (χ3v) is 8.88. The number of hydrogen-bond donors (Lipinski definition) is 1. The lowest BCUT2D eigenvalue weighted by molar-refractivity contribution is -0.138. The summed E-state index contributed by atoms with van der Waals surface area (Å²) in [6, 6.07) is 2.20. The monoisotopic (exact) mass is 529 g/mol. The van der Waals surface area contributed by atoms with Crippen LogP contribution in [0.5, 0.6) is 0 Å². The Hall–Kier alpha value is -1.86. The van der Waals surface area contributed by atoms with Crippen LogP contribution >= 0.6 is 0 Å². The number of benzene rings is 1. The first-order valence-corrected chi connectivity index (χ1v) is 13.1. The summed E-state index contributed by atoms with van der Waals surface area (Å²) in [6.45, 7) is 2.19. The Morgan fingerprint density at radius 1 is 1.06 bits per heavy atom. The molecule has 3 rings (SSSR count). The average molecular weight is 530 g/mol. The molecule has 0 bridgehead atoms. The highest BCUT2D eigenvalue weighted by Crippen LogP contribution is 2.42. The molecule has 0 atom stereocenters. The van der Waals surface area contributed by atoms with Gasteiger partial charge < -0.3 is 5.32 Å². The van der Waals surface area contributed by atoms with Gasteiger partial charge in [0.1, 0.15) is 5.82 Å². The van der Waals surface area contributed by atoms with Crippen molar-refractivity contribution in [2.24, 2.45) is 0 Å². The highest BCUT2D eigenvalue weighted by atomic mass is 32.2. The number of alkyl halides is 5. The molecule has 0 radical (unpaired) electrons. The highest BCUT2D eigenvalue weighted by Gasteiger charge is 2.48. The van der Waals surface area contributed by atoms with Crippen LogP contribution in [0.1, 0.15) is 54.9 Å². The zero-order valence-corrected chi connectivity index (χ0v) is 20.1. The van der Waals surface area contributed by atoms with Gasteiger partial charge in [-0.1, -0.05) is 13.0 Å². The van der Waals surface area contributed by atoms with Crippen LogP contribution < -0.4 is 5.32 Å². The van der Waals surface area contributed by atoms with Crippen LogP contribution in [0, 0.1) is 5.82 Å². The van der Waals surface area contributed by atoms with Crippen LogP contribution in [0.4, 0.5) is 26.3 Å². The van der Waals surface area contributed by atoms with Crippen LogP contribution in [-0.4, -0.2) is 73.5 Å². The molecule has 1 aromatic carbocycles. The van der Waals surface area contributed by atoms with Gasteiger partial charge in [0.15, 0.2) is 0 Å². The number of sulfonamides is 1. The Morgan fingerprint density at radius 3 is 2.20 bits per heavy atom. The third kappa shape index (κ3) is 6.29. The maximum absolute atomic E-state index is 14.2. The fourth-order valence-electron chi connectivity index (χ4n) is 4.84. The molecule has 2 aliphatic rings. The Labute approximate surface area is 200 Å². The maximum Gasteiger partial charge on any atom is 0.417 e. The zero-order valence-electron chi connectivity index (χ0n) is 19.3. The number of nitrogens with zero attached hydrogens (tertiary/aromatic N) is 2. The lowest BCUT2D eigenvalue weighted by atomic mass is 9.78. The van der Waals surface area contributed by atoms with Crippen LogP contribution in [0.2, 0.25) is 0 Å². The average Bonchev–Trinajstić information content (AvgIpc) is 2.78. The Kier molecular flexibility index (Phi) is 8.12. The minimum Gasteiger partial charge on any atom is -0.350 e. The summed E-state index contributed by atoms with van der Waals surface area (Å²) in [6.07, 6.45) is -5.57. The van der Waals surface area contributed by atoms with Gasteiger partial charge in [0.05, 0.1) is 16.9 Å². The van der Waals surface area contributed by atoms with Gasteiger partial charge in [-0.2, -0.15) is 17.5 Å². The molecule has 0 spiro atoms. The van der Waals surface area contributed by atoms with Crippen molar-refractivity contribution < 1.29 is 39.6 Å². The first-order chi connectivity index (χ1) is 16.2. The second-order valence-electron chi connectivity index (χ2n) is 9.13. The van der Waals surface area contributed by atoms with E-state index in [-0.39, 0.29) is 51.3 Å². The number of carbonyl (C=O) groups excluding carboxylic acids is 1. The van der Waals surface area contributed by atoms with Crippen molar-refractivity contribution in [3.63, 3.8) is 0 Å². The molecule has 1 saturated carbocycles. The Balaban J connectivity index is 1.79. The van der Waals surface area contributed by atoms with E-state index in [4.69, 9.17) is 0 Å². The summed E-state index contributed by atoms with van der Waals surface area (Å²) < 4.78 is 108. The number of amides is 1. The van der Waals surface area contributed by atoms with Crippen molar-refractivity contribution in [2.75, 3.05) is 38.5 Å². The summed E-state index contributed by atoms with van der Waals surface area (Å²) >= 11 is 0. The van der Waals surface area contributed by atoms with Gasteiger partial charge in [-0.15, -0.1) is 0 Å². The lowest BCUT2D eigenvalue weighted by Gasteiger charge is -2.50.